The van der Waals surface area contributed by atoms with Crippen LogP contribution in [0.5, 0.6) is 11.5 Å². The number of methoxy groups -OCH3 is 1. The van der Waals surface area contributed by atoms with Crippen LogP contribution in [0, 0.1) is 0 Å². The number of fused-ring (bicyclic) bond motifs is 1. The fraction of sp³-hybridized carbons (Fsp3) is 0.211. The smallest absolute Gasteiger partial charge is 0.272 e. The summed E-state index contributed by atoms with van der Waals surface area (Å²) in [5, 5.41) is 10.4. The molecule has 7 heteroatoms. The Labute approximate surface area is 150 Å². The number of carbonyl (C=O) groups is 1. The normalized spacial score (nSPS) is 10.5. The van der Waals surface area contributed by atoms with E-state index in [0.29, 0.717) is 35.4 Å². The lowest BCUT2D eigenvalue weighted by atomic mass is 10.1. The molecule has 0 radical (unpaired) electrons. The summed E-state index contributed by atoms with van der Waals surface area (Å²) in [5.41, 5.74) is 0.270. The highest BCUT2D eigenvalue weighted by Crippen LogP contribution is 2.16. The number of rotatable bonds is 7. The predicted octanol–water partition coefficient (Wildman–Crippen LogP) is 1.67. The molecule has 3 aromatic rings. The molecule has 0 spiro atoms. The summed E-state index contributed by atoms with van der Waals surface area (Å²) >= 11 is 0. The number of aromatic nitrogens is 2. The fourth-order valence-electron chi connectivity index (χ4n) is 2.55. The first kappa shape index (κ1) is 17.5. The van der Waals surface area contributed by atoms with Gasteiger partial charge < -0.3 is 14.8 Å². The zero-order valence-corrected chi connectivity index (χ0v) is 14.3. The molecule has 7 nitrogen and oxygen atoms in total. The van der Waals surface area contributed by atoms with Crippen LogP contribution in [-0.2, 0) is 11.2 Å². The molecule has 2 N–H and O–H groups in total. The molecule has 1 amide bonds. The van der Waals surface area contributed by atoms with Crippen LogP contribution in [0.1, 0.15) is 5.69 Å². The van der Waals surface area contributed by atoms with Gasteiger partial charge in [0.25, 0.3) is 5.56 Å². The van der Waals surface area contributed by atoms with Crippen molar-refractivity contribution in [3.05, 3.63) is 64.6 Å². The van der Waals surface area contributed by atoms with Gasteiger partial charge in [0, 0.05) is 5.39 Å². The van der Waals surface area contributed by atoms with Crippen LogP contribution in [0.4, 0.5) is 0 Å². The van der Waals surface area contributed by atoms with E-state index in [1.54, 1.807) is 49.6 Å². The third-order valence-corrected chi connectivity index (χ3v) is 3.86. The van der Waals surface area contributed by atoms with E-state index in [4.69, 9.17) is 9.47 Å². The van der Waals surface area contributed by atoms with Gasteiger partial charge in [0.15, 0.2) is 0 Å². The van der Waals surface area contributed by atoms with Crippen molar-refractivity contribution in [3.8, 4) is 11.5 Å². The van der Waals surface area contributed by atoms with E-state index in [-0.39, 0.29) is 17.9 Å². The molecule has 0 saturated carbocycles. The number of amides is 1. The maximum absolute atomic E-state index is 12.1. The predicted molar refractivity (Wildman–Crippen MR) is 97.6 cm³/mol. The largest absolute Gasteiger partial charge is 0.497 e. The highest BCUT2D eigenvalue weighted by atomic mass is 16.5. The zero-order valence-electron chi connectivity index (χ0n) is 14.3. The number of benzene rings is 2. The van der Waals surface area contributed by atoms with Crippen LogP contribution < -0.4 is 20.3 Å². The molecule has 0 aliphatic carbocycles. The van der Waals surface area contributed by atoms with E-state index in [1.807, 2.05) is 6.07 Å². The van der Waals surface area contributed by atoms with Crippen molar-refractivity contribution in [2.45, 2.75) is 6.42 Å². The maximum atomic E-state index is 12.1. The Morgan fingerprint density at radius 2 is 1.77 bits per heavy atom. The SMILES string of the molecule is COc1ccc(OCCNC(=O)Cc2n[nH]c(=O)c3ccccc23)cc1. The quantitative estimate of drug-likeness (QED) is 0.630. The summed E-state index contributed by atoms with van der Waals surface area (Å²) in [6, 6.07) is 14.3. The minimum Gasteiger partial charge on any atom is -0.497 e. The van der Waals surface area contributed by atoms with Crippen molar-refractivity contribution in [2.24, 2.45) is 0 Å². The van der Waals surface area contributed by atoms with Crippen molar-refractivity contribution in [2.75, 3.05) is 20.3 Å². The van der Waals surface area contributed by atoms with E-state index in [2.05, 4.69) is 15.5 Å². The summed E-state index contributed by atoms with van der Waals surface area (Å²) in [7, 11) is 1.60. The second-order valence-electron chi connectivity index (χ2n) is 5.60. The molecular weight excluding hydrogens is 334 g/mol. The lowest BCUT2D eigenvalue weighted by Crippen LogP contribution is -2.30. The van der Waals surface area contributed by atoms with Crippen LogP contribution in [0.15, 0.2) is 53.3 Å². The Morgan fingerprint density at radius 3 is 2.50 bits per heavy atom. The summed E-state index contributed by atoms with van der Waals surface area (Å²) in [6.07, 6.45) is 0.0832. The number of aromatic amines is 1. The lowest BCUT2D eigenvalue weighted by Gasteiger charge is -2.09. The number of nitrogens with one attached hydrogen (secondary N) is 2. The maximum Gasteiger partial charge on any atom is 0.272 e. The summed E-state index contributed by atoms with van der Waals surface area (Å²) in [5.74, 6) is 1.27. The van der Waals surface area contributed by atoms with E-state index >= 15 is 0 Å². The van der Waals surface area contributed by atoms with Gasteiger partial charge in [-0.05, 0) is 30.3 Å². The average molecular weight is 353 g/mol. The van der Waals surface area contributed by atoms with Gasteiger partial charge in [-0.3, -0.25) is 9.59 Å². The van der Waals surface area contributed by atoms with E-state index in [0.717, 1.165) is 5.75 Å². The Morgan fingerprint density at radius 1 is 1.08 bits per heavy atom. The molecule has 3 rings (SSSR count). The van der Waals surface area contributed by atoms with Gasteiger partial charge in [-0.15, -0.1) is 0 Å². The lowest BCUT2D eigenvalue weighted by molar-refractivity contribution is -0.120. The van der Waals surface area contributed by atoms with Crippen molar-refractivity contribution < 1.29 is 14.3 Å². The van der Waals surface area contributed by atoms with Crippen molar-refractivity contribution in [1.82, 2.24) is 15.5 Å². The van der Waals surface area contributed by atoms with E-state index < -0.39 is 0 Å². The molecule has 1 aromatic heterocycles. The fourth-order valence-corrected chi connectivity index (χ4v) is 2.55. The van der Waals surface area contributed by atoms with Gasteiger partial charge in [0.1, 0.15) is 18.1 Å². The number of H-pyrrole nitrogens is 1. The van der Waals surface area contributed by atoms with Gasteiger partial charge >= 0.3 is 0 Å². The average Bonchev–Trinajstić information content (AvgIpc) is 2.68. The topological polar surface area (TPSA) is 93.3 Å². The molecule has 26 heavy (non-hydrogen) atoms. The first-order chi connectivity index (χ1) is 12.7. The van der Waals surface area contributed by atoms with Crippen molar-refractivity contribution in [1.29, 1.82) is 0 Å². The molecule has 0 bridgehead atoms. The molecular formula is C19H19N3O4. The second kappa shape index (κ2) is 8.15. The summed E-state index contributed by atoms with van der Waals surface area (Å²) in [6.45, 7) is 0.712. The first-order valence-electron chi connectivity index (χ1n) is 8.17. The van der Waals surface area contributed by atoms with Crippen LogP contribution >= 0.6 is 0 Å². The van der Waals surface area contributed by atoms with Gasteiger partial charge in [-0.1, -0.05) is 18.2 Å². The van der Waals surface area contributed by atoms with Crippen molar-refractivity contribution in [3.63, 3.8) is 0 Å². The van der Waals surface area contributed by atoms with Gasteiger partial charge in [0.05, 0.1) is 31.2 Å². The molecule has 0 unspecified atom stereocenters. The van der Waals surface area contributed by atoms with Crippen LogP contribution in [0.25, 0.3) is 10.8 Å². The molecule has 134 valence electrons. The molecule has 0 aliphatic heterocycles. The third-order valence-electron chi connectivity index (χ3n) is 3.86. The summed E-state index contributed by atoms with van der Waals surface area (Å²) < 4.78 is 10.6. The Kier molecular flexibility index (Phi) is 5.48. The minimum absolute atomic E-state index is 0.0832. The first-order valence-corrected chi connectivity index (χ1v) is 8.17. The van der Waals surface area contributed by atoms with E-state index in [1.165, 1.54) is 0 Å². The summed E-state index contributed by atoms with van der Waals surface area (Å²) in [4.78, 5) is 23.9. The molecule has 0 fully saturated rings. The van der Waals surface area contributed by atoms with Gasteiger partial charge in [-0.25, -0.2) is 5.10 Å². The Hall–Kier alpha value is -3.35. The third kappa shape index (κ3) is 4.18. The number of nitrogens with zero attached hydrogens (tertiary/aromatic N) is 1. The number of ether oxygens (including phenoxy) is 2. The highest BCUT2D eigenvalue weighted by molar-refractivity contribution is 5.88. The number of carbonyl (C=O) groups excluding carboxylic acids is 1. The highest BCUT2D eigenvalue weighted by Gasteiger charge is 2.10. The Bertz CT molecular complexity index is 951. The monoisotopic (exact) mass is 353 g/mol. The number of hydrogen-bond acceptors (Lipinski definition) is 5. The standard InChI is InChI=1S/C19H19N3O4/c1-25-13-6-8-14(9-7-13)26-11-10-20-18(23)12-17-15-4-2-3-5-16(15)19(24)22-21-17/h2-9H,10-12H2,1H3,(H,20,23)(H,22,24). The molecule has 1 heterocycles. The van der Waals surface area contributed by atoms with Crippen LogP contribution in [0.3, 0.4) is 0 Å². The van der Waals surface area contributed by atoms with Crippen molar-refractivity contribution >= 4 is 16.7 Å². The second-order valence-corrected chi connectivity index (χ2v) is 5.60. The molecule has 2 aromatic carbocycles. The van der Waals surface area contributed by atoms with Crippen LogP contribution in [0.2, 0.25) is 0 Å². The minimum atomic E-state index is -0.266. The zero-order chi connectivity index (χ0) is 18.4. The molecule has 0 aliphatic rings. The van der Waals surface area contributed by atoms with Gasteiger partial charge in [0.2, 0.25) is 5.91 Å². The number of hydrogen-bond donors (Lipinski definition) is 2. The van der Waals surface area contributed by atoms with Crippen LogP contribution in [-0.4, -0.2) is 36.4 Å². The molecule has 0 atom stereocenters. The van der Waals surface area contributed by atoms with Gasteiger partial charge in [-0.2, -0.15) is 5.10 Å². The van der Waals surface area contributed by atoms with E-state index in [9.17, 15) is 9.59 Å². The molecule has 0 saturated heterocycles. The Balaban J connectivity index is 1.51.